The van der Waals surface area contributed by atoms with E-state index >= 15 is 0 Å². The molecule has 2 aromatic rings. The van der Waals surface area contributed by atoms with Crippen molar-refractivity contribution in [3.8, 4) is 0 Å². The fourth-order valence-electron chi connectivity index (χ4n) is 2.38. The Hall–Kier alpha value is -0.730. The molecule has 1 aliphatic rings. The molecule has 0 aliphatic carbocycles. The molecule has 0 saturated carbocycles. The van der Waals surface area contributed by atoms with Gasteiger partial charge in [0.05, 0.1) is 6.10 Å². The lowest BCUT2D eigenvalue weighted by molar-refractivity contribution is 0.0928. The molecule has 1 saturated heterocycles. The quantitative estimate of drug-likeness (QED) is 0.809. The second-order valence-corrected chi connectivity index (χ2v) is 9.09. The summed E-state index contributed by atoms with van der Waals surface area (Å²) in [6.07, 6.45) is 1.96. The number of sulfonamides is 1. The highest BCUT2D eigenvalue weighted by Crippen LogP contribution is 2.26. The Morgan fingerprint density at radius 1 is 1.24 bits per heavy atom. The van der Waals surface area contributed by atoms with Crippen LogP contribution in [0.1, 0.15) is 17.7 Å². The van der Waals surface area contributed by atoms with Gasteiger partial charge >= 0.3 is 0 Å². The second kappa shape index (κ2) is 6.58. The maximum atomic E-state index is 12.8. The lowest BCUT2D eigenvalue weighted by atomic mass is 10.2. The molecule has 21 heavy (non-hydrogen) atoms. The van der Waals surface area contributed by atoms with Crippen molar-refractivity contribution in [3.63, 3.8) is 0 Å². The zero-order chi connectivity index (χ0) is 14.7. The molecule has 3 heterocycles. The summed E-state index contributed by atoms with van der Waals surface area (Å²) in [5, 5.41) is 3.76. The van der Waals surface area contributed by atoms with Gasteiger partial charge in [-0.1, -0.05) is 12.1 Å². The molecule has 0 unspecified atom stereocenters. The molecule has 114 valence electrons. The van der Waals surface area contributed by atoms with E-state index in [0.29, 0.717) is 17.3 Å². The Bertz CT molecular complexity index is 644. The zero-order valence-corrected chi connectivity index (χ0v) is 13.9. The number of nitrogens with zero attached hydrogens (tertiary/aromatic N) is 1. The molecule has 0 aromatic carbocycles. The van der Waals surface area contributed by atoms with Gasteiger partial charge in [0.2, 0.25) is 0 Å². The standard InChI is InChI=1S/C14H17NO3S3/c16-21(17,14-6-3-9-20-14)15(10-12-4-1-7-18-12)11-13-5-2-8-19-13/h2-3,5-6,8-9,12H,1,4,7,10-11H2/t12-/m0/s1. The van der Waals surface area contributed by atoms with Gasteiger partial charge in [0.15, 0.2) is 0 Å². The molecule has 3 rings (SSSR count). The van der Waals surface area contributed by atoms with Crippen molar-refractivity contribution in [1.82, 2.24) is 4.31 Å². The minimum atomic E-state index is -3.44. The molecule has 0 radical (unpaired) electrons. The van der Waals surface area contributed by atoms with Crippen molar-refractivity contribution < 1.29 is 13.2 Å². The van der Waals surface area contributed by atoms with Gasteiger partial charge in [0.25, 0.3) is 10.0 Å². The van der Waals surface area contributed by atoms with Crippen LogP contribution < -0.4 is 0 Å². The van der Waals surface area contributed by atoms with Crippen molar-refractivity contribution in [1.29, 1.82) is 0 Å². The molecular weight excluding hydrogens is 326 g/mol. The third-order valence-corrected chi connectivity index (χ3v) is 7.48. The lowest BCUT2D eigenvalue weighted by Crippen LogP contribution is -2.36. The van der Waals surface area contributed by atoms with Crippen molar-refractivity contribution in [3.05, 3.63) is 39.9 Å². The average Bonchev–Trinajstić information content (AvgIpc) is 3.22. The Morgan fingerprint density at radius 3 is 2.67 bits per heavy atom. The first-order valence-electron chi connectivity index (χ1n) is 6.84. The zero-order valence-electron chi connectivity index (χ0n) is 11.5. The summed E-state index contributed by atoms with van der Waals surface area (Å²) in [7, 11) is -3.44. The summed E-state index contributed by atoms with van der Waals surface area (Å²) in [6.45, 7) is 1.58. The highest BCUT2D eigenvalue weighted by molar-refractivity contribution is 7.91. The first-order valence-corrected chi connectivity index (χ1v) is 10.0. The van der Waals surface area contributed by atoms with Gasteiger partial charge in [-0.3, -0.25) is 0 Å². The fraction of sp³-hybridized carbons (Fsp3) is 0.429. The summed E-state index contributed by atoms with van der Waals surface area (Å²) in [6, 6.07) is 7.35. The summed E-state index contributed by atoms with van der Waals surface area (Å²) in [4.78, 5) is 1.05. The molecule has 7 heteroatoms. The Labute approximate surface area is 133 Å². The van der Waals surface area contributed by atoms with Crippen LogP contribution in [0.2, 0.25) is 0 Å². The molecule has 0 bridgehead atoms. The van der Waals surface area contributed by atoms with E-state index in [1.165, 1.54) is 11.3 Å². The number of rotatable bonds is 6. The number of thiophene rings is 2. The van der Waals surface area contributed by atoms with Gasteiger partial charge in [-0.25, -0.2) is 8.42 Å². The lowest BCUT2D eigenvalue weighted by Gasteiger charge is -2.23. The summed E-state index contributed by atoms with van der Waals surface area (Å²) in [5.74, 6) is 0. The van der Waals surface area contributed by atoms with E-state index in [2.05, 4.69) is 0 Å². The van der Waals surface area contributed by atoms with Crippen LogP contribution in [-0.4, -0.2) is 32.0 Å². The molecule has 0 N–H and O–H groups in total. The van der Waals surface area contributed by atoms with Crippen LogP contribution in [0.3, 0.4) is 0 Å². The Morgan fingerprint density at radius 2 is 2.05 bits per heavy atom. The van der Waals surface area contributed by atoms with Gasteiger partial charge in [0.1, 0.15) is 4.21 Å². The van der Waals surface area contributed by atoms with E-state index in [1.54, 1.807) is 33.2 Å². The minimum Gasteiger partial charge on any atom is -0.377 e. The van der Waals surface area contributed by atoms with Crippen LogP contribution in [0.4, 0.5) is 0 Å². The number of ether oxygens (including phenoxy) is 1. The first-order chi connectivity index (χ1) is 10.2. The summed E-state index contributed by atoms with van der Waals surface area (Å²) < 4.78 is 33.2. The van der Waals surface area contributed by atoms with Gasteiger partial charge in [-0.15, -0.1) is 22.7 Å². The largest absolute Gasteiger partial charge is 0.377 e. The van der Waals surface area contributed by atoms with Gasteiger partial charge in [-0.05, 0) is 35.7 Å². The van der Waals surface area contributed by atoms with E-state index in [-0.39, 0.29) is 6.10 Å². The highest BCUT2D eigenvalue weighted by Gasteiger charge is 2.30. The van der Waals surface area contributed by atoms with E-state index < -0.39 is 10.0 Å². The van der Waals surface area contributed by atoms with Crippen LogP contribution in [-0.2, 0) is 21.3 Å². The van der Waals surface area contributed by atoms with Crippen LogP contribution in [0.25, 0.3) is 0 Å². The third-order valence-electron chi connectivity index (χ3n) is 3.43. The van der Waals surface area contributed by atoms with Crippen LogP contribution in [0.15, 0.2) is 39.2 Å². The van der Waals surface area contributed by atoms with Gasteiger partial charge in [-0.2, -0.15) is 4.31 Å². The molecular formula is C14H17NO3S3. The SMILES string of the molecule is O=S(=O)(c1cccs1)N(Cc1cccs1)C[C@@H]1CCCO1. The van der Waals surface area contributed by atoms with Crippen molar-refractivity contribution in [2.24, 2.45) is 0 Å². The average molecular weight is 343 g/mol. The van der Waals surface area contributed by atoms with E-state index in [4.69, 9.17) is 4.74 Å². The van der Waals surface area contributed by atoms with Gasteiger partial charge < -0.3 is 4.74 Å². The smallest absolute Gasteiger partial charge is 0.252 e. The predicted octanol–water partition coefficient (Wildman–Crippen LogP) is 3.18. The minimum absolute atomic E-state index is 0.0136. The van der Waals surface area contributed by atoms with Crippen LogP contribution in [0.5, 0.6) is 0 Å². The van der Waals surface area contributed by atoms with Gasteiger partial charge in [0, 0.05) is 24.6 Å². The van der Waals surface area contributed by atoms with Crippen LogP contribution in [0, 0.1) is 0 Å². The predicted molar refractivity (Wildman–Crippen MR) is 85.2 cm³/mol. The normalized spacial score (nSPS) is 19.4. The fourth-order valence-corrected chi connectivity index (χ4v) is 5.77. The van der Waals surface area contributed by atoms with E-state index in [1.807, 2.05) is 17.5 Å². The van der Waals surface area contributed by atoms with E-state index in [9.17, 15) is 8.42 Å². The number of hydrogen-bond donors (Lipinski definition) is 0. The Balaban J connectivity index is 1.83. The topological polar surface area (TPSA) is 46.6 Å². The second-order valence-electron chi connectivity index (χ2n) is 4.94. The Kier molecular flexibility index (Phi) is 4.75. The molecule has 2 aromatic heterocycles. The van der Waals surface area contributed by atoms with Crippen molar-refractivity contribution in [2.45, 2.75) is 29.7 Å². The number of hydrogen-bond acceptors (Lipinski definition) is 5. The molecule has 1 aliphatic heterocycles. The summed E-state index contributed by atoms with van der Waals surface area (Å²) in [5.41, 5.74) is 0. The highest BCUT2D eigenvalue weighted by atomic mass is 32.2. The van der Waals surface area contributed by atoms with Crippen molar-refractivity contribution in [2.75, 3.05) is 13.2 Å². The summed E-state index contributed by atoms with van der Waals surface area (Å²) >= 11 is 2.84. The van der Waals surface area contributed by atoms with Crippen molar-refractivity contribution >= 4 is 32.7 Å². The molecule has 0 amide bonds. The molecule has 0 spiro atoms. The molecule has 1 fully saturated rings. The first kappa shape index (κ1) is 15.2. The monoisotopic (exact) mass is 343 g/mol. The van der Waals surface area contributed by atoms with E-state index in [0.717, 1.165) is 24.3 Å². The third kappa shape index (κ3) is 3.54. The maximum absolute atomic E-state index is 12.8. The maximum Gasteiger partial charge on any atom is 0.252 e. The van der Waals surface area contributed by atoms with Crippen LogP contribution >= 0.6 is 22.7 Å². The molecule has 4 nitrogen and oxygen atoms in total. The molecule has 1 atom stereocenters.